The molecule has 3 aromatic heterocycles. The third kappa shape index (κ3) is 2.50. The molecule has 1 unspecified atom stereocenters. The van der Waals surface area contributed by atoms with Gasteiger partial charge in [0.05, 0.1) is 48.1 Å². The molecule has 8 heteroatoms. The molecule has 0 aromatic carbocycles. The second-order valence-electron chi connectivity index (χ2n) is 7.53. The topological polar surface area (TPSA) is 95.1 Å². The summed E-state index contributed by atoms with van der Waals surface area (Å²) in [5.74, 6) is 1.58. The lowest BCUT2D eigenvalue weighted by molar-refractivity contribution is 0.0984. The van der Waals surface area contributed by atoms with Crippen molar-refractivity contribution in [3.63, 3.8) is 0 Å². The number of imidazole rings is 1. The van der Waals surface area contributed by atoms with E-state index in [0.29, 0.717) is 19.0 Å². The maximum Gasteiger partial charge on any atom is 0.179 e. The van der Waals surface area contributed by atoms with Crippen molar-refractivity contribution in [2.24, 2.45) is 0 Å². The first kappa shape index (κ1) is 16.3. The molecule has 3 aromatic rings. The maximum atomic E-state index is 9.80. The Kier molecular flexibility index (Phi) is 3.49. The molecule has 1 aliphatic carbocycles. The van der Waals surface area contributed by atoms with Crippen molar-refractivity contribution < 1.29 is 4.74 Å². The highest BCUT2D eigenvalue weighted by Gasteiger charge is 2.47. The fourth-order valence-electron chi connectivity index (χ4n) is 3.84. The number of aromatic amines is 1. The number of hydrogen-bond acceptors (Lipinski definition) is 6. The quantitative estimate of drug-likeness (QED) is 0.766. The van der Waals surface area contributed by atoms with Gasteiger partial charge in [-0.1, -0.05) is 0 Å². The molecule has 1 N–H and O–H groups in total. The Labute approximate surface area is 156 Å². The lowest BCUT2D eigenvalue weighted by atomic mass is 9.98. The first-order valence-electron chi connectivity index (χ1n) is 9.28. The van der Waals surface area contributed by atoms with E-state index in [1.54, 1.807) is 0 Å². The summed E-state index contributed by atoms with van der Waals surface area (Å²) in [5.41, 5.74) is 3.20. The van der Waals surface area contributed by atoms with Crippen LogP contribution in [0, 0.1) is 18.3 Å². The Balaban J connectivity index is 1.73. The molecule has 27 heavy (non-hydrogen) atoms. The van der Waals surface area contributed by atoms with Gasteiger partial charge in [-0.2, -0.15) is 10.4 Å². The summed E-state index contributed by atoms with van der Waals surface area (Å²) >= 11 is 0. The molecule has 2 aliphatic rings. The molecule has 5 rings (SSSR count). The van der Waals surface area contributed by atoms with Gasteiger partial charge in [-0.3, -0.25) is 5.10 Å². The van der Waals surface area contributed by atoms with Gasteiger partial charge in [-0.25, -0.2) is 9.50 Å². The van der Waals surface area contributed by atoms with Crippen LogP contribution in [0.3, 0.4) is 0 Å². The summed E-state index contributed by atoms with van der Waals surface area (Å²) in [6.45, 7) is 6.21. The summed E-state index contributed by atoms with van der Waals surface area (Å²) in [4.78, 5) is 6.85. The monoisotopic (exact) mass is 363 g/mol. The predicted molar refractivity (Wildman–Crippen MR) is 99.5 cm³/mol. The highest BCUT2D eigenvalue weighted by atomic mass is 16.5. The number of aromatic nitrogens is 5. The average molecular weight is 363 g/mol. The summed E-state index contributed by atoms with van der Waals surface area (Å²) in [5, 5.41) is 21.9. The number of nitriles is 1. The van der Waals surface area contributed by atoms with E-state index in [9.17, 15) is 5.26 Å². The van der Waals surface area contributed by atoms with Crippen LogP contribution < -0.4 is 4.90 Å². The molecule has 1 saturated carbocycles. The zero-order valence-electron chi connectivity index (χ0n) is 15.4. The predicted octanol–water partition coefficient (Wildman–Crippen LogP) is 2.21. The minimum absolute atomic E-state index is 0.232. The zero-order valence-corrected chi connectivity index (χ0v) is 15.4. The van der Waals surface area contributed by atoms with E-state index in [4.69, 9.17) is 9.84 Å². The van der Waals surface area contributed by atoms with E-state index in [1.165, 1.54) is 0 Å². The molecule has 1 aliphatic heterocycles. The van der Waals surface area contributed by atoms with Crippen LogP contribution in [0.25, 0.3) is 17.0 Å². The Morgan fingerprint density at radius 2 is 2.22 bits per heavy atom. The molecule has 0 spiro atoms. The highest BCUT2D eigenvalue weighted by Crippen LogP contribution is 2.49. The molecule has 138 valence electrons. The van der Waals surface area contributed by atoms with Gasteiger partial charge in [0.25, 0.3) is 0 Å². The van der Waals surface area contributed by atoms with E-state index in [-0.39, 0.29) is 6.04 Å². The molecule has 1 saturated heterocycles. The first-order valence-corrected chi connectivity index (χ1v) is 9.28. The fourth-order valence-corrected chi connectivity index (χ4v) is 3.84. The third-order valence-corrected chi connectivity index (χ3v) is 5.58. The minimum atomic E-state index is -0.421. The van der Waals surface area contributed by atoms with Gasteiger partial charge in [0, 0.05) is 12.1 Å². The number of anilines is 1. The standard InChI is InChI=1S/C19H21N7O/c1-12-7-15(23-22-12)18-21-9-16-14(19(11-20)3-4-19)8-17(24-26(16)18)25-5-6-27-10-13(25)2/h7-9,13H,3-6,10H2,1-2H3,(H,22,23). The smallest absolute Gasteiger partial charge is 0.179 e. The lowest BCUT2D eigenvalue weighted by Crippen LogP contribution is -2.44. The van der Waals surface area contributed by atoms with Crippen molar-refractivity contribution >= 4 is 11.3 Å². The van der Waals surface area contributed by atoms with E-state index in [2.05, 4.69) is 39.1 Å². The zero-order chi connectivity index (χ0) is 18.6. The summed E-state index contributed by atoms with van der Waals surface area (Å²) < 4.78 is 7.44. The number of nitrogens with zero attached hydrogens (tertiary/aromatic N) is 6. The molecule has 2 fully saturated rings. The number of aryl methyl sites for hydroxylation is 1. The van der Waals surface area contributed by atoms with Gasteiger partial charge < -0.3 is 9.64 Å². The van der Waals surface area contributed by atoms with E-state index in [0.717, 1.165) is 47.7 Å². The molecule has 4 heterocycles. The van der Waals surface area contributed by atoms with E-state index in [1.807, 2.05) is 23.7 Å². The van der Waals surface area contributed by atoms with Crippen LogP contribution in [0.4, 0.5) is 5.82 Å². The van der Waals surface area contributed by atoms with Crippen LogP contribution in [-0.4, -0.2) is 50.6 Å². The number of morpholine rings is 1. The van der Waals surface area contributed by atoms with E-state index >= 15 is 0 Å². The molecule has 0 amide bonds. The number of nitrogens with one attached hydrogen (secondary N) is 1. The second-order valence-corrected chi connectivity index (χ2v) is 7.53. The number of rotatable bonds is 3. The van der Waals surface area contributed by atoms with Crippen LogP contribution in [0.1, 0.15) is 31.0 Å². The first-order chi connectivity index (χ1) is 13.1. The third-order valence-electron chi connectivity index (χ3n) is 5.58. The van der Waals surface area contributed by atoms with Crippen molar-refractivity contribution in [1.82, 2.24) is 24.8 Å². The van der Waals surface area contributed by atoms with Crippen molar-refractivity contribution in [2.75, 3.05) is 24.7 Å². The van der Waals surface area contributed by atoms with E-state index < -0.39 is 5.41 Å². The summed E-state index contributed by atoms with van der Waals surface area (Å²) in [7, 11) is 0. The number of fused-ring (bicyclic) bond motifs is 1. The van der Waals surface area contributed by atoms with Crippen molar-refractivity contribution in [3.05, 3.63) is 29.6 Å². The molecular formula is C19H21N7O. The number of H-pyrrole nitrogens is 1. The molecule has 8 nitrogen and oxygen atoms in total. The fraction of sp³-hybridized carbons (Fsp3) is 0.474. The minimum Gasteiger partial charge on any atom is -0.377 e. The van der Waals surface area contributed by atoms with Crippen LogP contribution in [0.15, 0.2) is 18.3 Å². The molecule has 0 bridgehead atoms. The van der Waals surface area contributed by atoms with Crippen molar-refractivity contribution in [1.29, 1.82) is 5.26 Å². The summed E-state index contributed by atoms with van der Waals surface area (Å²) in [6, 6.07) is 6.79. The Morgan fingerprint density at radius 3 is 2.89 bits per heavy atom. The van der Waals surface area contributed by atoms with Crippen LogP contribution in [0.2, 0.25) is 0 Å². The molecular weight excluding hydrogens is 342 g/mol. The normalized spacial score (nSPS) is 21.4. The second kappa shape index (κ2) is 5.79. The van der Waals surface area contributed by atoms with Gasteiger partial charge >= 0.3 is 0 Å². The number of ether oxygens (including phenoxy) is 1. The van der Waals surface area contributed by atoms with Gasteiger partial charge in [-0.15, -0.1) is 5.10 Å². The average Bonchev–Trinajstić information content (AvgIpc) is 3.18. The van der Waals surface area contributed by atoms with Crippen LogP contribution in [0.5, 0.6) is 0 Å². The lowest BCUT2D eigenvalue weighted by Gasteiger charge is -2.34. The van der Waals surface area contributed by atoms with Crippen molar-refractivity contribution in [3.8, 4) is 17.6 Å². The highest BCUT2D eigenvalue weighted by molar-refractivity contribution is 5.68. The molecule has 0 radical (unpaired) electrons. The van der Waals surface area contributed by atoms with Gasteiger partial charge in [0.15, 0.2) is 5.82 Å². The van der Waals surface area contributed by atoms with Gasteiger partial charge in [0.2, 0.25) is 0 Å². The largest absolute Gasteiger partial charge is 0.377 e. The van der Waals surface area contributed by atoms with Crippen LogP contribution in [-0.2, 0) is 10.2 Å². The van der Waals surface area contributed by atoms with Crippen molar-refractivity contribution in [2.45, 2.75) is 38.1 Å². The Bertz CT molecular complexity index is 1060. The Hall–Kier alpha value is -2.92. The van der Waals surface area contributed by atoms with Gasteiger partial charge in [-0.05, 0) is 38.8 Å². The number of hydrogen-bond donors (Lipinski definition) is 1. The Morgan fingerprint density at radius 1 is 1.37 bits per heavy atom. The maximum absolute atomic E-state index is 9.80. The van der Waals surface area contributed by atoms with Gasteiger partial charge in [0.1, 0.15) is 11.5 Å². The van der Waals surface area contributed by atoms with Crippen LogP contribution >= 0.6 is 0 Å². The summed E-state index contributed by atoms with van der Waals surface area (Å²) in [6.07, 6.45) is 3.58. The molecule has 1 atom stereocenters. The SMILES string of the molecule is Cc1cc(-c2ncc3c(C4(C#N)CC4)cc(N4CCOCC4C)nn23)[nH]n1.